The molecule has 0 amide bonds. The largest absolute Gasteiger partial charge is 0.349 e. The monoisotopic (exact) mass is 431 g/mol. The molecule has 5 aromatic rings. The minimum Gasteiger partial charge on any atom is -0.349 e. The normalized spacial score (nSPS) is 11.4. The molecule has 5 rings (SSSR count). The molecule has 30 heavy (non-hydrogen) atoms. The van der Waals surface area contributed by atoms with Gasteiger partial charge in [0.15, 0.2) is 5.16 Å². The summed E-state index contributed by atoms with van der Waals surface area (Å²) in [6.07, 6.45) is 0. The first-order valence-electron chi connectivity index (χ1n) is 9.58. The van der Waals surface area contributed by atoms with Gasteiger partial charge < -0.3 is 4.98 Å². The third-order valence-corrected chi connectivity index (χ3v) is 6.39. The molecule has 0 saturated heterocycles. The lowest BCUT2D eigenvalue weighted by Crippen LogP contribution is -2.22. The number of thioether (sulfide) groups is 1. The summed E-state index contributed by atoms with van der Waals surface area (Å²) in [5.74, 6) is 0.684. The molecule has 0 radical (unpaired) electrons. The Hall–Kier alpha value is -3.02. The summed E-state index contributed by atoms with van der Waals surface area (Å²) in [7, 11) is 0. The van der Waals surface area contributed by atoms with Gasteiger partial charge in [0.2, 0.25) is 0 Å². The van der Waals surface area contributed by atoms with Crippen molar-refractivity contribution in [3.05, 3.63) is 99.3 Å². The Morgan fingerprint density at radius 2 is 1.73 bits per heavy atom. The van der Waals surface area contributed by atoms with Crippen LogP contribution in [0, 0.1) is 6.92 Å². The molecule has 0 unspecified atom stereocenters. The lowest BCUT2D eigenvalue weighted by Gasteiger charge is -2.14. The van der Waals surface area contributed by atoms with Crippen molar-refractivity contribution >= 4 is 45.3 Å². The molecule has 0 spiro atoms. The number of nitrogens with zero attached hydrogens (tertiary/aromatic N) is 2. The van der Waals surface area contributed by atoms with Gasteiger partial charge in [-0.3, -0.25) is 9.36 Å². The summed E-state index contributed by atoms with van der Waals surface area (Å²) in [5, 5.41) is 2.33. The van der Waals surface area contributed by atoms with Crippen LogP contribution in [0.1, 0.15) is 11.1 Å². The third kappa shape index (κ3) is 3.30. The van der Waals surface area contributed by atoms with Gasteiger partial charge in [-0.2, -0.15) is 0 Å². The highest BCUT2D eigenvalue weighted by Gasteiger charge is 2.18. The molecular weight excluding hydrogens is 414 g/mol. The Labute approximate surface area is 182 Å². The molecule has 0 fully saturated rings. The van der Waals surface area contributed by atoms with Gasteiger partial charge in [0.05, 0.1) is 5.69 Å². The molecule has 0 bridgehead atoms. The highest BCUT2D eigenvalue weighted by atomic mass is 35.5. The smallest absolute Gasteiger partial charge is 0.283 e. The number of aromatic nitrogens is 3. The molecule has 148 valence electrons. The van der Waals surface area contributed by atoms with Crippen molar-refractivity contribution in [2.45, 2.75) is 17.8 Å². The van der Waals surface area contributed by atoms with Gasteiger partial charge >= 0.3 is 0 Å². The number of H-pyrrole nitrogens is 1. The van der Waals surface area contributed by atoms with Gasteiger partial charge in [-0.1, -0.05) is 71.9 Å². The Balaban J connectivity index is 1.72. The first-order valence-corrected chi connectivity index (χ1v) is 10.9. The van der Waals surface area contributed by atoms with Gasteiger partial charge in [0.25, 0.3) is 5.56 Å². The first kappa shape index (κ1) is 19.0. The number of fused-ring (bicyclic) bond motifs is 3. The fourth-order valence-corrected chi connectivity index (χ4v) is 4.67. The van der Waals surface area contributed by atoms with Crippen molar-refractivity contribution < 1.29 is 0 Å². The van der Waals surface area contributed by atoms with Gasteiger partial charge in [-0.15, -0.1) is 0 Å². The van der Waals surface area contributed by atoms with Crippen LogP contribution in [0.3, 0.4) is 0 Å². The maximum absolute atomic E-state index is 13.6. The molecule has 0 atom stereocenters. The van der Waals surface area contributed by atoms with E-state index in [0.29, 0.717) is 27.0 Å². The van der Waals surface area contributed by atoms with E-state index in [1.54, 1.807) is 16.3 Å². The van der Waals surface area contributed by atoms with Gasteiger partial charge in [0.1, 0.15) is 11.0 Å². The zero-order chi connectivity index (χ0) is 20.7. The standard InChI is InChI=1S/C24H18ClN3OS/c1-15-6-2-5-9-20(15)28-23(29)22-21(18-7-3-4-8-19(18)26-22)27-24(28)30-14-16-10-12-17(25)13-11-16/h2-13,26H,14H2,1H3. The van der Waals surface area contributed by atoms with E-state index in [-0.39, 0.29) is 5.56 Å². The topological polar surface area (TPSA) is 50.7 Å². The highest BCUT2D eigenvalue weighted by molar-refractivity contribution is 7.98. The Morgan fingerprint density at radius 3 is 2.53 bits per heavy atom. The van der Waals surface area contributed by atoms with Crippen LogP contribution in [-0.2, 0) is 5.75 Å². The van der Waals surface area contributed by atoms with Crippen molar-refractivity contribution in [2.24, 2.45) is 0 Å². The predicted molar refractivity (Wildman–Crippen MR) is 125 cm³/mol. The number of rotatable bonds is 4. The molecule has 0 aliphatic heterocycles. The molecule has 0 aliphatic carbocycles. The summed E-state index contributed by atoms with van der Waals surface area (Å²) < 4.78 is 1.72. The third-order valence-electron chi connectivity index (χ3n) is 5.13. The van der Waals surface area contributed by atoms with Crippen LogP contribution < -0.4 is 5.56 Å². The quantitative estimate of drug-likeness (QED) is 0.275. The van der Waals surface area contributed by atoms with E-state index in [0.717, 1.165) is 27.7 Å². The number of aryl methyl sites for hydroxylation is 1. The second kappa shape index (κ2) is 7.67. The molecule has 1 N–H and O–H groups in total. The summed E-state index contributed by atoms with van der Waals surface area (Å²) in [4.78, 5) is 21.8. The molecule has 6 heteroatoms. The van der Waals surface area contributed by atoms with E-state index in [4.69, 9.17) is 16.6 Å². The van der Waals surface area contributed by atoms with Crippen LogP contribution in [0.25, 0.3) is 27.6 Å². The van der Waals surface area contributed by atoms with E-state index < -0.39 is 0 Å². The van der Waals surface area contributed by atoms with Crippen molar-refractivity contribution in [3.63, 3.8) is 0 Å². The Kier molecular flexibility index (Phi) is 4.85. The second-order valence-corrected chi connectivity index (χ2v) is 8.51. The number of hydrogen-bond acceptors (Lipinski definition) is 3. The second-order valence-electron chi connectivity index (χ2n) is 7.13. The van der Waals surface area contributed by atoms with Crippen LogP contribution in [0.5, 0.6) is 0 Å². The van der Waals surface area contributed by atoms with E-state index in [2.05, 4.69) is 4.98 Å². The number of benzene rings is 3. The average molecular weight is 432 g/mol. The zero-order valence-corrected chi connectivity index (χ0v) is 17.8. The van der Waals surface area contributed by atoms with Gasteiger partial charge in [-0.05, 0) is 42.3 Å². The lowest BCUT2D eigenvalue weighted by molar-refractivity contribution is 0.813. The molecule has 0 aliphatic rings. The van der Waals surface area contributed by atoms with Gasteiger partial charge in [0, 0.05) is 21.7 Å². The molecule has 4 nitrogen and oxygen atoms in total. The SMILES string of the molecule is Cc1ccccc1-n1c(SCc2ccc(Cl)cc2)nc2c([nH]c3ccccc32)c1=O. The van der Waals surface area contributed by atoms with Crippen LogP contribution in [0.4, 0.5) is 0 Å². The van der Waals surface area contributed by atoms with Crippen molar-refractivity contribution in [2.75, 3.05) is 0 Å². The van der Waals surface area contributed by atoms with Crippen LogP contribution in [0.15, 0.2) is 82.7 Å². The predicted octanol–water partition coefficient (Wildman–Crippen LogP) is 6.12. The van der Waals surface area contributed by atoms with Crippen LogP contribution in [0.2, 0.25) is 5.02 Å². The maximum Gasteiger partial charge on any atom is 0.283 e. The Morgan fingerprint density at radius 1 is 1.00 bits per heavy atom. The summed E-state index contributed by atoms with van der Waals surface area (Å²) >= 11 is 7.56. The van der Waals surface area contributed by atoms with Crippen LogP contribution >= 0.6 is 23.4 Å². The minimum atomic E-state index is -0.0934. The van der Waals surface area contributed by atoms with E-state index in [1.165, 1.54) is 0 Å². The Bertz CT molecular complexity index is 1440. The molecule has 2 heterocycles. The molecule has 3 aromatic carbocycles. The van der Waals surface area contributed by atoms with E-state index in [9.17, 15) is 4.79 Å². The zero-order valence-electron chi connectivity index (χ0n) is 16.2. The number of para-hydroxylation sites is 2. The number of hydrogen-bond donors (Lipinski definition) is 1. The molecular formula is C24H18ClN3OS. The summed E-state index contributed by atoms with van der Waals surface area (Å²) in [6.45, 7) is 2.00. The van der Waals surface area contributed by atoms with Gasteiger partial charge in [-0.25, -0.2) is 4.98 Å². The number of nitrogens with one attached hydrogen (secondary N) is 1. The van der Waals surface area contributed by atoms with E-state index in [1.807, 2.05) is 79.7 Å². The summed E-state index contributed by atoms with van der Waals surface area (Å²) in [5.41, 5.74) is 5.03. The summed E-state index contributed by atoms with van der Waals surface area (Å²) in [6, 6.07) is 23.5. The highest BCUT2D eigenvalue weighted by Crippen LogP contribution is 2.29. The lowest BCUT2D eigenvalue weighted by atomic mass is 10.2. The van der Waals surface area contributed by atoms with Crippen molar-refractivity contribution in [3.8, 4) is 5.69 Å². The van der Waals surface area contributed by atoms with Crippen molar-refractivity contribution in [1.82, 2.24) is 14.5 Å². The average Bonchev–Trinajstić information content (AvgIpc) is 3.13. The fraction of sp³-hybridized carbons (Fsp3) is 0.0833. The molecule has 2 aromatic heterocycles. The number of aromatic amines is 1. The van der Waals surface area contributed by atoms with Crippen LogP contribution in [-0.4, -0.2) is 14.5 Å². The van der Waals surface area contributed by atoms with Crippen molar-refractivity contribution in [1.29, 1.82) is 0 Å². The minimum absolute atomic E-state index is 0.0934. The maximum atomic E-state index is 13.6. The fourth-order valence-electron chi connectivity index (χ4n) is 3.59. The molecule has 0 saturated carbocycles. The number of halogens is 1. The van der Waals surface area contributed by atoms with E-state index >= 15 is 0 Å². The first-order chi connectivity index (χ1) is 14.6.